The fourth-order valence-corrected chi connectivity index (χ4v) is 3.11. The molecule has 1 aromatic heterocycles. The van der Waals surface area contributed by atoms with Crippen molar-refractivity contribution < 1.29 is 0 Å². The largest absolute Gasteiger partial charge is 0.394 e. The minimum Gasteiger partial charge on any atom is -0.394 e. The van der Waals surface area contributed by atoms with Crippen molar-refractivity contribution in [2.45, 2.75) is 26.2 Å². The van der Waals surface area contributed by atoms with Gasteiger partial charge in [-0.3, -0.25) is 4.68 Å². The summed E-state index contributed by atoms with van der Waals surface area (Å²) in [5.74, 6) is 1.80. The molecule has 1 aliphatic heterocycles. The molecule has 1 saturated heterocycles. The summed E-state index contributed by atoms with van der Waals surface area (Å²) in [4.78, 5) is 4.67. The number of hydrogen-bond acceptors (Lipinski definition) is 4. The van der Waals surface area contributed by atoms with Crippen LogP contribution in [0.2, 0.25) is 0 Å². The maximum atomic E-state index is 6.26. The van der Waals surface area contributed by atoms with E-state index in [0.29, 0.717) is 0 Å². The second kappa shape index (κ2) is 5.82. The van der Waals surface area contributed by atoms with E-state index >= 15 is 0 Å². The molecule has 2 rings (SSSR count). The fourth-order valence-electron chi connectivity index (χ4n) is 3.11. The van der Waals surface area contributed by atoms with Gasteiger partial charge in [0, 0.05) is 27.2 Å². The number of likely N-dealkylation sites (tertiary alicyclic amines) is 1. The molecule has 2 N–H and O–H groups in total. The first-order chi connectivity index (χ1) is 9.02. The number of anilines is 2. The summed E-state index contributed by atoms with van der Waals surface area (Å²) in [5.41, 5.74) is 8.15. The third kappa shape index (κ3) is 3.03. The number of nitrogens with zero attached hydrogens (tertiary/aromatic N) is 4. The Morgan fingerprint density at radius 2 is 2.16 bits per heavy atom. The highest BCUT2D eigenvalue weighted by molar-refractivity contribution is 5.66. The van der Waals surface area contributed by atoms with Gasteiger partial charge in [-0.2, -0.15) is 5.10 Å². The monoisotopic (exact) mass is 265 g/mol. The van der Waals surface area contributed by atoms with Gasteiger partial charge < -0.3 is 15.5 Å². The van der Waals surface area contributed by atoms with Crippen LogP contribution in [0.3, 0.4) is 0 Å². The molecule has 19 heavy (non-hydrogen) atoms. The summed E-state index contributed by atoms with van der Waals surface area (Å²) in [6.07, 6.45) is 3.32. The van der Waals surface area contributed by atoms with Gasteiger partial charge >= 0.3 is 0 Å². The van der Waals surface area contributed by atoms with Gasteiger partial charge in [0.05, 0.1) is 11.4 Å². The van der Waals surface area contributed by atoms with Crippen molar-refractivity contribution in [1.29, 1.82) is 0 Å². The lowest BCUT2D eigenvalue weighted by Crippen LogP contribution is -2.29. The van der Waals surface area contributed by atoms with E-state index in [-0.39, 0.29) is 0 Å². The van der Waals surface area contributed by atoms with Gasteiger partial charge in [0.1, 0.15) is 5.82 Å². The van der Waals surface area contributed by atoms with Crippen LogP contribution in [0.15, 0.2) is 0 Å². The fraction of sp³-hybridized carbons (Fsp3) is 0.786. The summed E-state index contributed by atoms with van der Waals surface area (Å²) >= 11 is 0. The van der Waals surface area contributed by atoms with Gasteiger partial charge in [0.2, 0.25) is 0 Å². The van der Waals surface area contributed by atoms with Crippen LogP contribution < -0.4 is 10.6 Å². The van der Waals surface area contributed by atoms with Crippen LogP contribution in [0.4, 0.5) is 11.5 Å². The van der Waals surface area contributed by atoms with Crippen molar-refractivity contribution in [3.8, 4) is 0 Å². The summed E-state index contributed by atoms with van der Waals surface area (Å²) < 4.78 is 1.93. The molecule has 0 aromatic carbocycles. The number of aryl methyl sites for hydroxylation is 2. The van der Waals surface area contributed by atoms with Gasteiger partial charge in [-0.1, -0.05) is 13.3 Å². The third-order valence-electron chi connectivity index (χ3n) is 4.00. The number of rotatable bonds is 5. The molecule has 2 heterocycles. The van der Waals surface area contributed by atoms with Crippen LogP contribution in [0.25, 0.3) is 0 Å². The zero-order chi connectivity index (χ0) is 14.0. The molecule has 1 fully saturated rings. The van der Waals surface area contributed by atoms with E-state index in [4.69, 9.17) is 5.73 Å². The first-order valence-electron chi connectivity index (χ1n) is 7.24. The Morgan fingerprint density at radius 3 is 2.74 bits per heavy atom. The van der Waals surface area contributed by atoms with Crippen LogP contribution in [-0.4, -0.2) is 48.4 Å². The zero-order valence-corrected chi connectivity index (χ0v) is 12.7. The number of aromatic nitrogens is 2. The quantitative estimate of drug-likeness (QED) is 0.873. The first kappa shape index (κ1) is 14.2. The molecule has 0 saturated carbocycles. The van der Waals surface area contributed by atoms with Crippen LogP contribution in [0.1, 0.15) is 25.5 Å². The molecule has 0 bridgehead atoms. The van der Waals surface area contributed by atoms with Crippen molar-refractivity contribution in [3.05, 3.63) is 5.69 Å². The summed E-state index contributed by atoms with van der Waals surface area (Å²) in [6, 6.07) is 0. The normalized spacial score (nSPS) is 20.1. The Hall–Kier alpha value is -1.23. The number of nitrogens with two attached hydrogens (primary N) is 1. The van der Waals surface area contributed by atoms with E-state index in [9.17, 15) is 0 Å². The standard InChI is InChI=1S/C14H27N5/c1-5-6-12-13(15)14(19(4)16-12)18(3)10-11-7-8-17(2)9-11/h11H,5-10,15H2,1-4H3. The van der Waals surface area contributed by atoms with Crippen LogP contribution in [0, 0.1) is 5.92 Å². The first-order valence-corrected chi connectivity index (χ1v) is 7.24. The van der Waals surface area contributed by atoms with Crippen molar-refractivity contribution >= 4 is 11.5 Å². The minimum absolute atomic E-state index is 0.735. The lowest BCUT2D eigenvalue weighted by Gasteiger charge is -2.23. The lowest BCUT2D eigenvalue weighted by molar-refractivity contribution is 0.395. The molecule has 1 unspecified atom stereocenters. The maximum absolute atomic E-state index is 6.26. The molecule has 0 spiro atoms. The van der Waals surface area contributed by atoms with Crippen LogP contribution in [0.5, 0.6) is 0 Å². The predicted molar refractivity (Wildman–Crippen MR) is 80.5 cm³/mol. The molecule has 108 valence electrons. The molecule has 5 nitrogen and oxygen atoms in total. The Balaban J connectivity index is 2.08. The average molecular weight is 265 g/mol. The van der Waals surface area contributed by atoms with E-state index in [2.05, 4.69) is 35.9 Å². The molecule has 1 aliphatic rings. The Labute approximate surface area is 116 Å². The van der Waals surface area contributed by atoms with E-state index in [1.54, 1.807) is 0 Å². The van der Waals surface area contributed by atoms with Crippen molar-refractivity contribution in [2.75, 3.05) is 44.4 Å². The van der Waals surface area contributed by atoms with Gasteiger partial charge in [0.15, 0.2) is 0 Å². The van der Waals surface area contributed by atoms with Gasteiger partial charge in [-0.05, 0) is 32.4 Å². The SMILES string of the molecule is CCCc1nn(C)c(N(C)CC2CCN(C)C2)c1N. The summed E-state index contributed by atoms with van der Waals surface area (Å²) in [5, 5.41) is 4.55. The van der Waals surface area contributed by atoms with E-state index < -0.39 is 0 Å². The Morgan fingerprint density at radius 1 is 1.42 bits per heavy atom. The summed E-state index contributed by atoms with van der Waals surface area (Å²) in [6.45, 7) is 5.61. The molecule has 1 aromatic rings. The smallest absolute Gasteiger partial charge is 0.150 e. The van der Waals surface area contributed by atoms with Crippen molar-refractivity contribution in [2.24, 2.45) is 13.0 Å². The van der Waals surface area contributed by atoms with Crippen LogP contribution >= 0.6 is 0 Å². The highest BCUT2D eigenvalue weighted by Crippen LogP contribution is 2.27. The highest BCUT2D eigenvalue weighted by atomic mass is 15.4. The predicted octanol–water partition coefficient (Wildman–Crippen LogP) is 1.34. The summed E-state index contributed by atoms with van der Waals surface area (Å²) in [7, 11) is 6.31. The molecule has 0 radical (unpaired) electrons. The van der Waals surface area contributed by atoms with Gasteiger partial charge in [0.25, 0.3) is 0 Å². The second-order valence-electron chi connectivity index (χ2n) is 5.86. The maximum Gasteiger partial charge on any atom is 0.150 e. The molecular weight excluding hydrogens is 238 g/mol. The van der Waals surface area contributed by atoms with Gasteiger partial charge in [-0.25, -0.2) is 0 Å². The zero-order valence-electron chi connectivity index (χ0n) is 12.7. The molecule has 1 atom stereocenters. The Bertz CT molecular complexity index is 426. The highest BCUT2D eigenvalue weighted by Gasteiger charge is 2.23. The number of nitrogen functional groups attached to an aromatic ring is 1. The van der Waals surface area contributed by atoms with Crippen LogP contribution in [-0.2, 0) is 13.5 Å². The second-order valence-corrected chi connectivity index (χ2v) is 5.86. The lowest BCUT2D eigenvalue weighted by atomic mass is 10.1. The van der Waals surface area contributed by atoms with E-state index in [1.165, 1.54) is 19.5 Å². The number of hydrogen-bond donors (Lipinski definition) is 1. The van der Waals surface area contributed by atoms with Crippen molar-refractivity contribution in [3.63, 3.8) is 0 Å². The topological polar surface area (TPSA) is 50.3 Å². The van der Waals surface area contributed by atoms with E-state index in [0.717, 1.165) is 42.5 Å². The van der Waals surface area contributed by atoms with E-state index in [1.807, 2.05) is 11.7 Å². The molecular formula is C14H27N5. The minimum atomic E-state index is 0.735. The average Bonchev–Trinajstić information content (AvgIpc) is 2.85. The van der Waals surface area contributed by atoms with Crippen molar-refractivity contribution in [1.82, 2.24) is 14.7 Å². The van der Waals surface area contributed by atoms with Gasteiger partial charge in [-0.15, -0.1) is 0 Å². The molecule has 0 aliphatic carbocycles. The third-order valence-corrected chi connectivity index (χ3v) is 4.00. The molecule has 0 amide bonds. The Kier molecular flexibility index (Phi) is 4.34. The molecule has 5 heteroatoms.